The Morgan fingerprint density at radius 1 is 1.14 bits per heavy atom. The maximum absolute atomic E-state index is 12.9. The number of nitrogens with zero attached hydrogens (tertiary/aromatic N) is 4. The van der Waals surface area contributed by atoms with Gasteiger partial charge in [-0.2, -0.15) is 9.36 Å². The summed E-state index contributed by atoms with van der Waals surface area (Å²) >= 11 is 1.31. The number of anilines is 1. The van der Waals surface area contributed by atoms with Gasteiger partial charge in [0, 0.05) is 17.7 Å². The maximum atomic E-state index is 12.9. The van der Waals surface area contributed by atoms with Crippen LogP contribution < -0.4 is 11.0 Å². The normalized spacial score (nSPS) is 10.8. The molecule has 146 valence electrons. The van der Waals surface area contributed by atoms with E-state index in [0.29, 0.717) is 24.5 Å². The van der Waals surface area contributed by atoms with Gasteiger partial charge >= 0.3 is 5.69 Å². The predicted octanol–water partition coefficient (Wildman–Crippen LogP) is 1.95. The highest BCUT2D eigenvalue weighted by molar-refractivity contribution is 8.00. The number of nitrogens with one attached hydrogen (secondary N) is 1. The monoisotopic (exact) mass is 403 g/mol. The minimum Gasteiger partial charge on any atom is -0.383 e. The number of carbonyl (C=O) groups excluding carboxylic acids is 1. The zero-order valence-corrected chi connectivity index (χ0v) is 15.9. The number of methoxy groups -OCH3 is 1. The Balaban J connectivity index is 1.58. The molecule has 1 amide bonds. The second-order valence-electron chi connectivity index (χ2n) is 5.73. The van der Waals surface area contributed by atoms with Crippen LogP contribution in [0.25, 0.3) is 5.69 Å². The molecule has 1 aromatic heterocycles. The summed E-state index contributed by atoms with van der Waals surface area (Å²) in [6.45, 7) is 0.675. The lowest BCUT2D eigenvalue weighted by Crippen LogP contribution is -2.25. The summed E-state index contributed by atoms with van der Waals surface area (Å²) in [5.74, 6) is -0.308. The van der Waals surface area contributed by atoms with Crippen molar-refractivity contribution < 1.29 is 13.9 Å². The molecule has 1 N–H and O–H groups in total. The molecule has 0 bridgehead atoms. The summed E-state index contributed by atoms with van der Waals surface area (Å²) in [6.07, 6.45) is 0. The Hall–Kier alpha value is -2.98. The van der Waals surface area contributed by atoms with E-state index in [1.807, 2.05) is 0 Å². The number of aromatic nitrogens is 4. The largest absolute Gasteiger partial charge is 0.383 e. The van der Waals surface area contributed by atoms with Crippen molar-refractivity contribution in [2.45, 2.75) is 11.4 Å². The van der Waals surface area contributed by atoms with E-state index in [2.05, 4.69) is 15.7 Å². The van der Waals surface area contributed by atoms with Gasteiger partial charge in [0.2, 0.25) is 5.91 Å². The van der Waals surface area contributed by atoms with Gasteiger partial charge < -0.3 is 10.1 Å². The fourth-order valence-corrected chi connectivity index (χ4v) is 3.02. The highest BCUT2D eigenvalue weighted by Crippen LogP contribution is 2.19. The van der Waals surface area contributed by atoms with Gasteiger partial charge in [0.1, 0.15) is 5.82 Å². The van der Waals surface area contributed by atoms with Crippen molar-refractivity contribution in [2.24, 2.45) is 0 Å². The molecule has 0 aliphatic rings. The summed E-state index contributed by atoms with van der Waals surface area (Å²) in [5.41, 5.74) is 0.755. The third-order valence-corrected chi connectivity index (χ3v) is 4.74. The molecule has 1 heterocycles. The first-order valence-electron chi connectivity index (χ1n) is 8.37. The Labute approximate surface area is 164 Å². The molecule has 10 heteroatoms. The molecule has 0 spiro atoms. The zero-order chi connectivity index (χ0) is 19.9. The molecule has 2 aromatic carbocycles. The van der Waals surface area contributed by atoms with Crippen LogP contribution in [0.4, 0.5) is 10.1 Å². The maximum Gasteiger partial charge on any atom is 0.368 e. The number of rotatable bonds is 8. The van der Waals surface area contributed by atoms with Crippen molar-refractivity contribution in [1.82, 2.24) is 19.8 Å². The number of hydrogen-bond acceptors (Lipinski definition) is 6. The van der Waals surface area contributed by atoms with Crippen LogP contribution in [0.5, 0.6) is 0 Å². The Bertz CT molecular complexity index is 986. The lowest BCUT2D eigenvalue weighted by Gasteiger charge is -2.06. The smallest absolute Gasteiger partial charge is 0.368 e. The molecule has 0 atom stereocenters. The van der Waals surface area contributed by atoms with Gasteiger partial charge in [0.25, 0.3) is 0 Å². The standard InChI is InChI=1S/C18H18FN5O3S/c1-27-11-10-23-18(26)24(22-21-23)15-6-4-14(5-7-15)20-17(25)12-28-16-8-2-13(19)3-9-16/h2-9H,10-12H2,1H3,(H,20,25). The second-order valence-corrected chi connectivity index (χ2v) is 6.78. The quantitative estimate of drug-likeness (QED) is 0.578. The number of ether oxygens (including phenoxy) is 1. The van der Waals surface area contributed by atoms with Crippen LogP contribution >= 0.6 is 11.8 Å². The van der Waals surface area contributed by atoms with Gasteiger partial charge in [-0.25, -0.2) is 9.18 Å². The van der Waals surface area contributed by atoms with E-state index in [1.165, 1.54) is 33.3 Å². The Kier molecular flexibility index (Phi) is 6.56. The van der Waals surface area contributed by atoms with Crippen LogP contribution in [0.2, 0.25) is 0 Å². The molecule has 0 saturated carbocycles. The van der Waals surface area contributed by atoms with Crippen LogP contribution in [0.1, 0.15) is 0 Å². The number of tetrazole rings is 1. The summed E-state index contributed by atoms with van der Waals surface area (Å²) < 4.78 is 20.2. The van der Waals surface area contributed by atoms with Crippen LogP contribution in [-0.4, -0.2) is 45.2 Å². The van der Waals surface area contributed by atoms with Crippen molar-refractivity contribution in [3.05, 3.63) is 64.8 Å². The molecule has 3 rings (SSSR count). The fraction of sp³-hybridized carbons (Fsp3) is 0.222. The molecule has 0 fully saturated rings. The van der Waals surface area contributed by atoms with Crippen LogP contribution in [0, 0.1) is 5.82 Å². The van der Waals surface area contributed by atoms with Gasteiger partial charge in [0.05, 0.1) is 24.6 Å². The Morgan fingerprint density at radius 2 is 1.86 bits per heavy atom. The number of thioether (sulfide) groups is 1. The molecular formula is C18H18FN5O3S. The van der Waals surface area contributed by atoms with E-state index >= 15 is 0 Å². The van der Waals surface area contributed by atoms with Crippen LogP contribution in [0.3, 0.4) is 0 Å². The molecule has 0 unspecified atom stereocenters. The van der Waals surface area contributed by atoms with Crippen LogP contribution in [-0.2, 0) is 16.1 Å². The van der Waals surface area contributed by atoms with E-state index in [4.69, 9.17) is 4.74 Å². The highest BCUT2D eigenvalue weighted by Gasteiger charge is 2.09. The van der Waals surface area contributed by atoms with Crippen molar-refractivity contribution in [1.29, 1.82) is 0 Å². The molecule has 0 aliphatic heterocycles. The summed E-state index contributed by atoms with van der Waals surface area (Å²) in [4.78, 5) is 25.1. The molecular weight excluding hydrogens is 385 g/mol. The average Bonchev–Trinajstić information content (AvgIpc) is 3.07. The third-order valence-electron chi connectivity index (χ3n) is 3.73. The van der Waals surface area contributed by atoms with Crippen LogP contribution in [0.15, 0.2) is 58.2 Å². The van der Waals surface area contributed by atoms with E-state index in [-0.39, 0.29) is 23.2 Å². The van der Waals surface area contributed by atoms with E-state index in [1.54, 1.807) is 43.5 Å². The number of benzene rings is 2. The summed E-state index contributed by atoms with van der Waals surface area (Å²) in [5, 5.41) is 10.4. The van der Waals surface area contributed by atoms with Gasteiger partial charge in [-0.3, -0.25) is 4.79 Å². The van der Waals surface area contributed by atoms with Crippen molar-refractivity contribution in [3.63, 3.8) is 0 Å². The first-order chi connectivity index (χ1) is 13.6. The first kappa shape index (κ1) is 19.8. The average molecular weight is 403 g/mol. The summed E-state index contributed by atoms with van der Waals surface area (Å²) in [6, 6.07) is 12.6. The molecule has 28 heavy (non-hydrogen) atoms. The predicted molar refractivity (Wildman–Crippen MR) is 103 cm³/mol. The minimum atomic E-state index is -0.371. The molecule has 8 nitrogen and oxygen atoms in total. The third kappa shape index (κ3) is 5.05. The second kappa shape index (κ2) is 9.29. The lowest BCUT2D eigenvalue weighted by molar-refractivity contribution is -0.113. The topological polar surface area (TPSA) is 91.0 Å². The lowest BCUT2D eigenvalue weighted by atomic mass is 10.3. The first-order valence-corrected chi connectivity index (χ1v) is 9.36. The van der Waals surface area contributed by atoms with E-state index in [9.17, 15) is 14.0 Å². The fourth-order valence-electron chi connectivity index (χ4n) is 2.32. The SMILES string of the molecule is COCCn1nnn(-c2ccc(NC(=O)CSc3ccc(F)cc3)cc2)c1=O. The van der Waals surface area contributed by atoms with Crippen molar-refractivity contribution in [3.8, 4) is 5.69 Å². The minimum absolute atomic E-state index is 0.190. The number of carbonyl (C=O) groups is 1. The molecule has 0 aliphatic carbocycles. The van der Waals surface area contributed by atoms with Gasteiger partial charge in [-0.1, -0.05) is 0 Å². The van der Waals surface area contributed by atoms with E-state index in [0.717, 1.165) is 4.90 Å². The number of halogens is 1. The van der Waals surface area contributed by atoms with Crippen molar-refractivity contribution >= 4 is 23.4 Å². The van der Waals surface area contributed by atoms with Gasteiger partial charge in [-0.05, 0) is 59.0 Å². The molecule has 0 radical (unpaired) electrons. The Morgan fingerprint density at radius 3 is 2.54 bits per heavy atom. The van der Waals surface area contributed by atoms with Gasteiger partial charge in [0.15, 0.2) is 0 Å². The molecule has 3 aromatic rings. The van der Waals surface area contributed by atoms with Crippen molar-refractivity contribution in [2.75, 3.05) is 24.8 Å². The number of hydrogen-bond donors (Lipinski definition) is 1. The molecule has 0 saturated heterocycles. The van der Waals surface area contributed by atoms with E-state index < -0.39 is 0 Å². The number of amides is 1. The highest BCUT2D eigenvalue weighted by atomic mass is 32.2. The zero-order valence-electron chi connectivity index (χ0n) is 15.0. The van der Waals surface area contributed by atoms with Gasteiger partial charge in [-0.15, -0.1) is 11.8 Å². The summed E-state index contributed by atoms with van der Waals surface area (Å²) in [7, 11) is 1.54.